The second kappa shape index (κ2) is 7.98. The number of rotatable bonds is 4. The molecule has 1 aliphatic rings. The molecular formula is C18H29ClN2O. The van der Waals surface area contributed by atoms with Gasteiger partial charge in [0.1, 0.15) is 0 Å². The number of hydrogen-bond donors (Lipinski definition) is 1. The first kappa shape index (κ1) is 19.0. The van der Waals surface area contributed by atoms with Crippen LogP contribution in [0.1, 0.15) is 44.2 Å². The molecule has 1 aromatic rings. The van der Waals surface area contributed by atoms with Crippen LogP contribution in [0.5, 0.6) is 0 Å². The fourth-order valence-corrected chi connectivity index (χ4v) is 3.77. The number of halogens is 1. The molecule has 1 N–H and O–H groups in total. The Kier molecular flexibility index (Phi) is 6.89. The van der Waals surface area contributed by atoms with Crippen molar-refractivity contribution in [2.45, 2.75) is 53.0 Å². The van der Waals surface area contributed by atoms with Gasteiger partial charge in [0.05, 0.1) is 19.6 Å². The Bertz CT molecular complexity index is 492. The van der Waals surface area contributed by atoms with Crippen LogP contribution in [0, 0.1) is 13.8 Å². The van der Waals surface area contributed by atoms with Gasteiger partial charge in [-0.1, -0.05) is 18.2 Å². The van der Waals surface area contributed by atoms with Crippen molar-refractivity contribution in [3.05, 3.63) is 29.3 Å². The van der Waals surface area contributed by atoms with Gasteiger partial charge in [-0.15, -0.1) is 0 Å². The number of hydrogen-bond acceptors (Lipinski definition) is 1. The number of amides is 1. The fourth-order valence-electron chi connectivity index (χ4n) is 3.77. The summed E-state index contributed by atoms with van der Waals surface area (Å²) in [5, 5.41) is 3.22. The molecule has 0 aliphatic carbocycles. The smallest absolute Gasteiger partial charge is 0.282 e. The average molecular weight is 325 g/mol. The number of nitrogens with one attached hydrogen (secondary N) is 1. The molecule has 0 saturated carbocycles. The molecule has 2 rings (SSSR count). The minimum absolute atomic E-state index is 0. The van der Waals surface area contributed by atoms with Crippen molar-refractivity contribution >= 4 is 11.6 Å². The van der Waals surface area contributed by atoms with Crippen molar-refractivity contribution < 1.29 is 21.7 Å². The quantitative estimate of drug-likeness (QED) is 0.810. The van der Waals surface area contributed by atoms with E-state index in [1.54, 1.807) is 0 Å². The highest BCUT2D eigenvalue weighted by molar-refractivity contribution is 5.95. The number of carbonyl (C=O) groups excluding carboxylic acids is 1. The van der Waals surface area contributed by atoms with Crippen LogP contribution in [0.25, 0.3) is 0 Å². The van der Waals surface area contributed by atoms with Gasteiger partial charge in [0.25, 0.3) is 5.91 Å². The summed E-state index contributed by atoms with van der Waals surface area (Å²) in [6, 6.07) is 6.27. The first-order chi connectivity index (χ1) is 10.0. The molecule has 1 heterocycles. The monoisotopic (exact) mass is 324 g/mol. The highest BCUT2D eigenvalue weighted by Crippen LogP contribution is 2.28. The first-order valence-corrected chi connectivity index (χ1v) is 8.27. The van der Waals surface area contributed by atoms with E-state index in [1.807, 2.05) is 6.07 Å². The lowest BCUT2D eigenvalue weighted by atomic mass is 9.97. The maximum absolute atomic E-state index is 12.9. The van der Waals surface area contributed by atoms with Crippen LogP contribution in [0.3, 0.4) is 0 Å². The summed E-state index contributed by atoms with van der Waals surface area (Å²) in [5.74, 6) is 0.204. The van der Waals surface area contributed by atoms with Crippen molar-refractivity contribution in [2.24, 2.45) is 0 Å². The molecule has 1 amide bonds. The molecule has 0 spiro atoms. The molecule has 1 aromatic carbocycles. The molecule has 124 valence electrons. The predicted molar refractivity (Wildman–Crippen MR) is 88.4 cm³/mol. The minimum Gasteiger partial charge on any atom is -1.00 e. The largest absolute Gasteiger partial charge is 1.00 e. The van der Waals surface area contributed by atoms with Gasteiger partial charge in [0.15, 0.2) is 6.04 Å². The predicted octanol–water partition coefficient (Wildman–Crippen LogP) is 0.655. The number of quaternary nitrogens is 1. The van der Waals surface area contributed by atoms with Gasteiger partial charge in [-0.2, -0.15) is 0 Å². The third-order valence-corrected chi connectivity index (χ3v) is 5.28. The number of aryl methyl sites for hydroxylation is 2. The van der Waals surface area contributed by atoms with Gasteiger partial charge >= 0.3 is 0 Å². The van der Waals surface area contributed by atoms with Crippen LogP contribution in [0.2, 0.25) is 0 Å². The van der Waals surface area contributed by atoms with E-state index in [0.717, 1.165) is 47.4 Å². The highest BCUT2D eigenvalue weighted by Gasteiger charge is 2.41. The lowest BCUT2D eigenvalue weighted by Gasteiger charge is -2.45. The van der Waals surface area contributed by atoms with Crippen LogP contribution < -0.4 is 17.7 Å². The maximum atomic E-state index is 12.9. The summed E-state index contributed by atoms with van der Waals surface area (Å²) >= 11 is 0. The lowest BCUT2D eigenvalue weighted by Crippen LogP contribution is -3.00. The van der Waals surface area contributed by atoms with Crippen LogP contribution >= 0.6 is 0 Å². The van der Waals surface area contributed by atoms with Gasteiger partial charge < -0.3 is 22.2 Å². The Morgan fingerprint density at radius 2 is 1.77 bits per heavy atom. The Balaban J connectivity index is 0.00000242. The van der Waals surface area contributed by atoms with Crippen LogP contribution in [0.15, 0.2) is 18.2 Å². The van der Waals surface area contributed by atoms with Crippen molar-refractivity contribution in [2.75, 3.05) is 25.0 Å². The third-order valence-electron chi connectivity index (χ3n) is 5.28. The van der Waals surface area contributed by atoms with Gasteiger partial charge in [0, 0.05) is 12.1 Å². The number of piperidine rings is 1. The zero-order valence-corrected chi connectivity index (χ0v) is 15.0. The molecule has 22 heavy (non-hydrogen) atoms. The zero-order chi connectivity index (χ0) is 15.5. The Labute approximate surface area is 141 Å². The normalized spacial score (nSPS) is 20.1. The number of likely N-dealkylation sites (N-methyl/N-ethyl adjacent to an activating group) is 1. The third kappa shape index (κ3) is 3.64. The van der Waals surface area contributed by atoms with Gasteiger partial charge in [0.2, 0.25) is 0 Å². The number of carbonyl (C=O) groups is 1. The van der Waals surface area contributed by atoms with E-state index in [4.69, 9.17) is 0 Å². The first-order valence-electron chi connectivity index (χ1n) is 8.27. The topological polar surface area (TPSA) is 29.1 Å². The number of anilines is 1. The van der Waals surface area contributed by atoms with Crippen LogP contribution in [-0.4, -0.2) is 36.1 Å². The Morgan fingerprint density at radius 3 is 2.32 bits per heavy atom. The Hall–Kier alpha value is -1.06. The molecule has 1 aliphatic heterocycles. The van der Waals surface area contributed by atoms with E-state index in [0.29, 0.717) is 0 Å². The van der Waals surface area contributed by atoms with Crippen LogP contribution in [0.4, 0.5) is 5.69 Å². The molecule has 0 bridgehead atoms. The summed E-state index contributed by atoms with van der Waals surface area (Å²) < 4.78 is 0.941. The van der Waals surface area contributed by atoms with Crippen molar-refractivity contribution in [1.82, 2.24) is 0 Å². The molecule has 1 fully saturated rings. The van der Waals surface area contributed by atoms with Crippen molar-refractivity contribution in [1.29, 1.82) is 0 Å². The van der Waals surface area contributed by atoms with Gasteiger partial charge in [-0.25, -0.2) is 0 Å². The standard InChI is InChI=1S/C18H28N2O.ClH/c1-5-20(6-2)13-8-7-12-16(20)18(21)19-17-14(3)10-9-11-15(17)4;/h9-11,16H,5-8,12-13H2,1-4H3;1H. The average Bonchev–Trinajstić information content (AvgIpc) is 2.50. The van der Waals surface area contributed by atoms with E-state index in [2.05, 4.69) is 45.1 Å². The second-order valence-corrected chi connectivity index (χ2v) is 6.34. The molecule has 3 nitrogen and oxygen atoms in total. The van der Waals surface area contributed by atoms with E-state index in [9.17, 15) is 4.79 Å². The number of nitrogens with zero attached hydrogens (tertiary/aromatic N) is 1. The Morgan fingerprint density at radius 1 is 1.18 bits per heavy atom. The summed E-state index contributed by atoms with van der Waals surface area (Å²) in [4.78, 5) is 12.9. The summed E-state index contributed by atoms with van der Waals surface area (Å²) in [7, 11) is 0. The SMILES string of the molecule is CC[N+]1(CC)CCCCC1C(=O)Nc1c(C)cccc1C.[Cl-]. The fraction of sp³-hybridized carbons (Fsp3) is 0.611. The molecule has 1 saturated heterocycles. The van der Waals surface area contributed by atoms with E-state index in [1.165, 1.54) is 12.8 Å². The zero-order valence-electron chi connectivity index (χ0n) is 14.3. The number of para-hydroxylation sites is 1. The van der Waals surface area contributed by atoms with Gasteiger partial charge in [-0.3, -0.25) is 4.79 Å². The van der Waals surface area contributed by atoms with E-state index < -0.39 is 0 Å². The molecule has 0 radical (unpaired) electrons. The summed E-state index contributed by atoms with van der Waals surface area (Å²) in [6.45, 7) is 11.8. The molecule has 1 unspecified atom stereocenters. The van der Waals surface area contributed by atoms with Gasteiger partial charge in [-0.05, 0) is 51.7 Å². The highest BCUT2D eigenvalue weighted by atomic mass is 35.5. The minimum atomic E-state index is 0. The number of likely N-dealkylation sites (tertiary alicyclic amines) is 1. The van der Waals surface area contributed by atoms with E-state index >= 15 is 0 Å². The van der Waals surface area contributed by atoms with Crippen molar-refractivity contribution in [3.8, 4) is 0 Å². The molecular weight excluding hydrogens is 296 g/mol. The maximum Gasteiger partial charge on any atom is 0.282 e. The summed E-state index contributed by atoms with van der Waals surface area (Å²) in [6.07, 6.45) is 3.43. The number of benzene rings is 1. The molecule has 0 aromatic heterocycles. The molecule has 4 heteroatoms. The summed E-state index contributed by atoms with van der Waals surface area (Å²) in [5.41, 5.74) is 3.29. The van der Waals surface area contributed by atoms with Crippen molar-refractivity contribution in [3.63, 3.8) is 0 Å². The van der Waals surface area contributed by atoms with Crippen LogP contribution in [-0.2, 0) is 4.79 Å². The lowest BCUT2D eigenvalue weighted by molar-refractivity contribution is -0.943. The van der Waals surface area contributed by atoms with E-state index in [-0.39, 0.29) is 24.4 Å². The molecule has 1 atom stereocenters. The second-order valence-electron chi connectivity index (χ2n) is 6.34.